The fraction of sp³-hybridized carbons (Fsp3) is 0.250. The number of aromatic nitrogens is 1. The van der Waals surface area contributed by atoms with Gasteiger partial charge in [-0.2, -0.15) is 0 Å². The van der Waals surface area contributed by atoms with Crippen molar-refractivity contribution in [3.63, 3.8) is 0 Å². The Hall–Kier alpha value is -1.82. The Kier molecular flexibility index (Phi) is 2.41. The molecule has 1 aromatic heterocycles. The van der Waals surface area contributed by atoms with Crippen molar-refractivity contribution >= 4 is 16.6 Å². The first-order valence-electron chi connectivity index (χ1n) is 5.56. The molecule has 6 heteroatoms. The van der Waals surface area contributed by atoms with Crippen molar-refractivity contribution in [1.29, 1.82) is 0 Å². The second-order valence-electron chi connectivity index (χ2n) is 4.39. The molecule has 1 heterocycles. The van der Waals surface area contributed by atoms with Gasteiger partial charge in [0.25, 0.3) is 0 Å². The van der Waals surface area contributed by atoms with Crippen molar-refractivity contribution in [2.45, 2.75) is 18.8 Å². The van der Waals surface area contributed by atoms with Gasteiger partial charge >= 0.3 is 0 Å². The summed E-state index contributed by atoms with van der Waals surface area (Å²) in [5, 5.41) is -0.251. The van der Waals surface area contributed by atoms with Crippen LogP contribution in [0.15, 0.2) is 12.1 Å². The first kappa shape index (κ1) is 11.3. The fourth-order valence-electron chi connectivity index (χ4n) is 2.02. The van der Waals surface area contributed by atoms with Gasteiger partial charge in [-0.05, 0) is 18.9 Å². The molecule has 1 fully saturated rings. The Morgan fingerprint density at radius 1 is 1.17 bits per heavy atom. The molecule has 1 saturated carbocycles. The number of nitrogens with zero attached hydrogens (tertiary/aromatic N) is 1. The predicted molar refractivity (Wildman–Crippen MR) is 61.4 cm³/mol. The number of hydrogen-bond acceptors (Lipinski definition) is 3. The number of anilines is 1. The van der Waals surface area contributed by atoms with Crippen molar-refractivity contribution in [3.8, 4) is 0 Å². The maximum atomic E-state index is 13.7. The largest absolute Gasteiger partial charge is 0.323 e. The highest BCUT2D eigenvalue weighted by molar-refractivity contribution is 5.92. The Morgan fingerprint density at radius 3 is 2.50 bits per heavy atom. The summed E-state index contributed by atoms with van der Waals surface area (Å²) in [7, 11) is 0. The van der Waals surface area contributed by atoms with E-state index >= 15 is 0 Å². The van der Waals surface area contributed by atoms with Crippen LogP contribution in [0.5, 0.6) is 0 Å². The van der Waals surface area contributed by atoms with Crippen LogP contribution in [0.3, 0.4) is 0 Å². The molecule has 3 N–H and O–H groups in total. The van der Waals surface area contributed by atoms with Gasteiger partial charge in [0, 0.05) is 17.7 Å². The maximum Gasteiger partial charge on any atom is 0.170 e. The van der Waals surface area contributed by atoms with Crippen LogP contribution in [-0.4, -0.2) is 4.98 Å². The van der Waals surface area contributed by atoms with Crippen LogP contribution in [0.1, 0.15) is 24.5 Å². The molecule has 0 bridgehead atoms. The topological polar surface area (TPSA) is 50.9 Å². The SMILES string of the molecule is NNc1cc(C2CC2)nc2c(F)cc(F)c(F)c12. The Morgan fingerprint density at radius 2 is 1.89 bits per heavy atom. The first-order valence-corrected chi connectivity index (χ1v) is 5.56. The molecule has 0 saturated heterocycles. The van der Waals surface area contributed by atoms with Gasteiger partial charge in [-0.1, -0.05) is 0 Å². The number of pyridine rings is 1. The number of halogens is 3. The van der Waals surface area contributed by atoms with E-state index in [9.17, 15) is 13.2 Å². The minimum Gasteiger partial charge on any atom is -0.323 e. The molecule has 1 aromatic carbocycles. The molecule has 0 radical (unpaired) electrons. The third-order valence-electron chi connectivity index (χ3n) is 3.10. The molecule has 3 rings (SSSR count). The maximum absolute atomic E-state index is 13.7. The summed E-state index contributed by atoms with van der Waals surface area (Å²) in [4.78, 5) is 4.07. The Balaban J connectivity index is 2.38. The molecular formula is C12H10F3N3. The van der Waals surface area contributed by atoms with Gasteiger partial charge in [0.15, 0.2) is 17.5 Å². The number of hydrogen-bond donors (Lipinski definition) is 2. The number of benzene rings is 1. The standard InChI is InChI=1S/C12H10F3N3/c13-6-3-7(14)12-10(11(6)15)9(18-16)4-8(17-12)5-1-2-5/h3-5H,1-2,16H2,(H,17,18). The summed E-state index contributed by atoms with van der Waals surface area (Å²) in [6.07, 6.45) is 1.93. The highest BCUT2D eigenvalue weighted by Gasteiger charge is 2.27. The fourth-order valence-corrected chi connectivity index (χ4v) is 2.02. The van der Waals surface area contributed by atoms with Crippen LogP contribution in [0, 0.1) is 17.5 Å². The van der Waals surface area contributed by atoms with Crippen LogP contribution < -0.4 is 11.3 Å². The third kappa shape index (κ3) is 1.60. The van der Waals surface area contributed by atoms with Crippen LogP contribution in [0.4, 0.5) is 18.9 Å². The zero-order chi connectivity index (χ0) is 12.9. The Labute approximate surface area is 101 Å². The lowest BCUT2D eigenvalue weighted by Gasteiger charge is -2.10. The number of hydrazine groups is 1. The third-order valence-corrected chi connectivity index (χ3v) is 3.10. The average Bonchev–Trinajstić information content (AvgIpc) is 3.18. The van der Waals surface area contributed by atoms with Gasteiger partial charge in [-0.3, -0.25) is 5.84 Å². The van der Waals surface area contributed by atoms with E-state index in [0.717, 1.165) is 12.8 Å². The number of nitrogens with one attached hydrogen (secondary N) is 1. The summed E-state index contributed by atoms with van der Waals surface area (Å²) < 4.78 is 40.6. The van der Waals surface area contributed by atoms with E-state index in [1.807, 2.05) is 0 Å². The van der Waals surface area contributed by atoms with E-state index in [4.69, 9.17) is 5.84 Å². The van der Waals surface area contributed by atoms with Crippen molar-refractivity contribution in [2.75, 3.05) is 5.43 Å². The number of nitrogens with two attached hydrogens (primary N) is 1. The van der Waals surface area contributed by atoms with E-state index in [1.54, 1.807) is 6.07 Å². The smallest absolute Gasteiger partial charge is 0.170 e. The lowest BCUT2D eigenvalue weighted by atomic mass is 10.1. The molecule has 18 heavy (non-hydrogen) atoms. The normalized spacial score (nSPS) is 15.1. The van der Waals surface area contributed by atoms with Gasteiger partial charge in [-0.15, -0.1) is 0 Å². The molecule has 94 valence electrons. The monoisotopic (exact) mass is 253 g/mol. The van der Waals surface area contributed by atoms with E-state index < -0.39 is 17.5 Å². The van der Waals surface area contributed by atoms with Gasteiger partial charge < -0.3 is 5.43 Å². The van der Waals surface area contributed by atoms with Crippen molar-refractivity contribution in [1.82, 2.24) is 4.98 Å². The molecule has 0 amide bonds. The summed E-state index contributed by atoms with van der Waals surface area (Å²) in [6, 6.07) is 2.05. The molecule has 0 aliphatic heterocycles. The minimum absolute atomic E-state index is 0.151. The highest BCUT2D eigenvalue weighted by Crippen LogP contribution is 2.41. The summed E-state index contributed by atoms with van der Waals surface area (Å²) in [6.45, 7) is 0. The van der Waals surface area contributed by atoms with Crippen LogP contribution in [0.25, 0.3) is 10.9 Å². The molecule has 2 aromatic rings. The second-order valence-corrected chi connectivity index (χ2v) is 4.39. The average molecular weight is 253 g/mol. The van der Waals surface area contributed by atoms with E-state index in [0.29, 0.717) is 11.8 Å². The van der Waals surface area contributed by atoms with Gasteiger partial charge in [0.1, 0.15) is 5.52 Å². The molecule has 0 unspecified atom stereocenters. The highest BCUT2D eigenvalue weighted by atomic mass is 19.2. The number of rotatable bonds is 2. The van der Waals surface area contributed by atoms with Crippen molar-refractivity contribution < 1.29 is 13.2 Å². The lowest BCUT2D eigenvalue weighted by Crippen LogP contribution is -2.10. The van der Waals surface area contributed by atoms with E-state index in [1.165, 1.54) is 0 Å². The van der Waals surface area contributed by atoms with Gasteiger partial charge in [0.05, 0.1) is 11.1 Å². The number of fused-ring (bicyclic) bond motifs is 1. The zero-order valence-corrected chi connectivity index (χ0v) is 9.30. The first-order chi connectivity index (χ1) is 8.61. The molecular weight excluding hydrogens is 243 g/mol. The molecule has 0 atom stereocenters. The quantitative estimate of drug-likeness (QED) is 0.491. The predicted octanol–water partition coefficient (Wildman–Crippen LogP) is 2.82. The van der Waals surface area contributed by atoms with E-state index in [2.05, 4.69) is 10.4 Å². The van der Waals surface area contributed by atoms with Crippen molar-refractivity contribution in [2.24, 2.45) is 5.84 Å². The van der Waals surface area contributed by atoms with E-state index in [-0.39, 0.29) is 22.5 Å². The van der Waals surface area contributed by atoms with Crippen LogP contribution in [0.2, 0.25) is 0 Å². The van der Waals surface area contributed by atoms with Crippen LogP contribution >= 0.6 is 0 Å². The Bertz CT molecular complexity index is 638. The van der Waals surface area contributed by atoms with Gasteiger partial charge in [-0.25, -0.2) is 18.2 Å². The lowest BCUT2D eigenvalue weighted by molar-refractivity contribution is 0.505. The minimum atomic E-state index is -1.25. The summed E-state index contributed by atoms with van der Waals surface area (Å²) in [5.74, 6) is 2.26. The zero-order valence-electron chi connectivity index (χ0n) is 9.30. The second kappa shape index (κ2) is 3.84. The molecule has 0 spiro atoms. The van der Waals surface area contributed by atoms with Gasteiger partial charge in [0.2, 0.25) is 0 Å². The number of nitrogen functional groups attached to an aromatic ring is 1. The van der Waals surface area contributed by atoms with Crippen molar-refractivity contribution in [3.05, 3.63) is 35.3 Å². The molecule has 1 aliphatic rings. The summed E-state index contributed by atoms with van der Waals surface area (Å²) >= 11 is 0. The molecule has 1 aliphatic carbocycles. The molecule has 3 nitrogen and oxygen atoms in total. The summed E-state index contributed by atoms with van der Waals surface area (Å²) in [5.41, 5.74) is 2.89. The van der Waals surface area contributed by atoms with Crippen LogP contribution in [-0.2, 0) is 0 Å².